The molecule has 0 atom stereocenters. The third-order valence-corrected chi connectivity index (χ3v) is 4.29. The molecule has 0 aliphatic carbocycles. The fourth-order valence-electron chi connectivity index (χ4n) is 1.85. The first kappa shape index (κ1) is 20.8. The number of carbonyl (C=O) groups is 1. The van der Waals surface area contributed by atoms with Crippen LogP contribution in [0.25, 0.3) is 0 Å². The van der Waals surface area contributed by atoms with Crippen molar-refractivity contribution in [3.05, 3.63) is 56.1 Å². The van der Waals surface area contributed by atoms with Gasteiger partial charge in [-0.25, -0.2) is 14.3 Å². The van der Waals surface area contributed by atoms with Gasteiger partial charge in [0.25, 0.3) is 5.91 Å². The highest BCUT2D eigenvalue weighted by Gasteiger charge is 2.22. The predicted octanol–water partition coefficient (Wildman–Crippen LogP) is 4.40. The molecule has 0 aliphatic rings. The van der Waals surface area contributed by atoms with Gasteiger partial charge in [-0.05, 0) is 60.7 Å². The van der Waals surface area contributed by atoms with Gasteiger partial charge in [-0.3, -0.25) is 9.63 Å². The Balaban J connectivity index is 2.33. The van der Waals surface area contributed by atoms with E-state index in [1.54, 1.807) is 32.0 Å². The number of anilines is 2. The number of hydrogen-bond acceptors (Lipinski definition) is 4. The van der Waals surface area contributed by atoms with E-state index in [-0.39, 0.29) is 17.9 Å². The molecule has 9 heteroatoms. The quantitative estimate of drug-likeness (QED) is 0.410. The Morgan fingerprint density at radius 3 is 2.50 bits per heavy atom. The monoisotopic (exact) mass is 496 g/mol. The lowest BCUT2D eigenvalue weighted by Crippen LogP contribution is -2.38. The lowest BCUT2D eigenvalue weighted by Gasteiger charge is -2.22. The lowest BCUT2D eigenvalue weighted by molar-refractivity contribution is -0.0956. The molecular weight excluding hydrogens is 481 g/mol. The molecule has 0 saturated carbocycles. The van der Waals surface area contributed by atoms with Crippen molar-refractivity contribution in [1.29, 1.82) is 0 Å². The summed E-state index contributed by atoms with van der Waals surface area (Å²) in [6.07, 6.45) is 0. The molecule has 0 heterocycles. The second-order valence-corrected chi connectivity index (χ2v) is 7.66. The highest BCUT2D eigenvalue weighted by Crippen LogP contribution is 2.30. The van der Waals surface area contributed by atoms with Crippen molar-refractivity contribution < 1.29 is 23.5 Å². The van der Waals surface area contributed by atoms with Crippen molar-refractivity contribution in [3.8, 4) is 0 Å². The summed E-state index contributed by atoms with van der Waals surface area (Å²) in [6.45, 7) is 2.74. The largest absolute Gasteiger partial charge is 0.393 e. The van der Waals surface area contributed by atoms with Crippen molar-refractivity contribution in [2.45, 2.75) is 19.4 Å². The Morgan fingerprint density at radius 1 is 1.23 bits per heavy atom. The van der Waals surface area contributed by atoms with Crippen LogP contribution in [0, 0.1) is 15.2 Å². The second-order valence-electron chi connectivity index (χ2n) is 6.01. The van der Waals surface area contributed by atoms with E-state index in [0.29, 0.717) is 10.7 Å². The number of hydrogen-bond donors (Lipinski definition) is 3. The number of halogens is 4. The van der Waals surface area contributed by atoms with Gasteiger partial charge in [-0.2, -0.15) is 0 Å². The first-order valence-corrected chi connectivity index (χ1v) is 8.89. The maximum absolute atomic E-state index is 13.7. The number of nitrogens with one attached hydrogen (secondary N) is 2. The van der Waals surface area contributed by atoms with Crippen molar-refractivity contribution in [2.24, 2.45) is 0 Å². The van der Waals surface area contributed by atoms with Gasteiger partial charge in [0.05, 0.1) is 28.6 Å². The van der Waals surface area contributed by atoms with Gasteiger partial charge in [0.1, 0.15) is 5.60 Å². The zero-order valence-corrected chi connectivity index (χ0v) is 16.8. The number of rotatable bonds is 6. The molecular formula is C17H16ClF2IN2O3. The van der Waals surface area contributed by atoms with Crippen LogP contribution >= 0.6 is 34.2 Å². The number of aliphatic hydroxyl groups excluding tert-OH is 1. The van der Waals surface area contributed by atoms with Crippen LogP contribution in [0.3, 0.4) is 0 Å². The number of carbonyl (C=O) groups excluding carboxylic acids is 1. The molecule has 0 aromatic heterocycles. The molecule has 0 radical (unpaired) electrons. The molecule has 0 bridgehead atoms. The van der Waals surface area contributed by atoms with E-state index in [0.717, 1.165) is 15.7 Å². The summed E-state index contributed by atoms with van der Waals surface area (Å²) in [5.74, 6) is -3.12. The SMILES string of the molecule is CC(C)(CO)ONC(=O)c1cc(F)c(F)cc1Nc1ccc(I)cc1Cl. The lowest BCUT2D eigenvalue weighted by atomic mass is 10.1. The molecule has 5 nitrogen and oxygen atoms in total. The average molecular weight is 497 g/mol. The second kappa shape index (κ2) is 8.47. The normalized spacial score (nSPS) is 11.3. The summed E-state index contributed by atoms with van der Waals surface area (Å²) >= 11 is 8.21. The fourth-order valence-corrected chi connectivity index (χ4v) is 2.75. The molecule has 0 spiro atoms. The zero-order valence-electron chi connectivity index (χ0n) is 13.9. The van der Waals surface area contributed by atoms with Gasteiger partial charge in [-0.1, -0.05) is 11.6 Å². The Morgan fingerprint density at radius 2 is 1.88 bits per heavy atom. The molecule has 2 aromatic carbocycles. The van der Waals surface area contributed by atoms with Gasteiger partial charge < -0.3 is 10.4 Å². The van der Waals surface area contributed by atoms with Crippen molar-refractivity contribution >= 4 is 51.5 Å². The highest BCUT2D eigenvalue weighted by atomic mass is 127. The van der Waals surface area contributed by atoms with Crippen molar-refractivity contribution in [1.82, 2.24) is 5.48 Å². The maximum atomic E-state index is 13.7. The van der Waals surface area contributed by atoms with Crippen LogP contribution in [-0.2, 0) is 4.84 Å². The molecule has 0 saturated heterocycles. The third-order valence-electron chi connectivity index (χ3n) is 3.31. The standard InChI is InChI=1S/C17H16ClF2IN2O3/c1-17(2,8-24)26-23-16(25)10-6-12(19)13(20)7-15(10)22-14-4-3-9(21)5-11(14)18/h3-7,22,24H,8H2,1-2H3,(H,23,25). The van der Waals surface area contributed by atoms with Gasteiger partial charge in [0, 0.05) is 9.64 Å². The van der Waals surface area contributed by atoms with Crippen molar-refractivity contribution in [2.75, 3.05) is 11.9 Å². The highest BCUT2D eigenvalue weighted by molar-refractivity contribution is 14.1. The van der Waals surface area contributed by atoms with Crippen LogP contribution in [0.1, 0.15) is 24.2 Å². The maximum Gasteiger partial charge on any atom is 0.277 e. The van der Waals surface area contributed by atoms with Crippen molar-refractivity contribution in [3.63, 3.8) is 0 Å². The molecule has 2 rings (SSSR count). The number of benzene rings is 2. The van der Waals surface area contributed by atoms with E-state index in [1.165, 1.54) is 0 Å². The predicted molar refractivity (Wildman–Crippen MR) is 104 cm³/mol. The summed E-state index contributed by atoms with van der Waals surface area (Å²) in [5, 5.41) is 12.3. The van der Waals surface area contributed by atoms with Crippen LogP contribution in [-0.4, -0.2) is 23.2 Å². The fraction of sp³-hybridized carbons (Fsp3) is 0.235. The Kier molecular flexibility index (Phi) is 6.78. The van der Waals surface area contributed by atoms with Crippen LogP contribution < -0.4 is 10.8 Å². The molecule has 0 unspecified atom stereocenters. The van der Waals surface area contributed by atoms with Gasteiger partial charge >= 0.3 is 0 Å². The summed E-state index contributed by atoms with van der Waals surface area (Å²) in [7, 11) is 0. The van der Waals surface area contributed by atoms with E-state index >= 15 is 0 Å². The minimum absolute atomic E-state index is 0.00918. The van der Waals surface area contributed by atoms with Gasteiger partial charge in [0.15, 0.2) is 11.6 Å². The summed E-state index contributed by atoms with van der Waals surface area (Å²) < 4.78 is 28.2. The van der Waals surface area contributed by atoms with Crippen LogP contribution in [0.2, 0.25) is 5.02 Å². The third kappa shape index (κ3) is 5.26. The minimum Gasteiger partial charge on any atom is -0.393 e. The first-order valence-electron chi connectivity index (χ1n) is 7.43. The number of amides is 1. The van der Waals surface area contributed by atoms with Crippen LogP contribution in [0.4, 0.5) is 20.2 Å². The zero-order chi connectivity index (χ0) is 19.5. The minimum atomic E-state index is -1.18. The topological polar surface area (TPSA) is 70.6 Å². The molecule has 0 aliphatic heterocycles. The van der Waals surface area contributed by atoms with E-state index in [2.05, 4.69) is 33.4 Å². The Labute approximate surface area is 167 Å². The average Bonchev–Trinajstić information content (AvgIpc) is 2.58. The van der Waals surface area contributed by atoms with Gasteiger partial charge in [0.2, 0.25) is 0 Å². The molecule has 1 amide bonds. The Hall–Kier alpha value is -1.49. The van der Waals surface area contributed by atoms with E-state index in [9.17, 15) is 13.6 Å². The molecule has 3 N–H and O–H groups in total. The number of hydroxylamine groups is 1. The van der Waals surface area contributed by atoms with E-state index in [4.69, 9.17) is 21.5 Å². The summed E-state index contributed by atoms with van der Waals surface area (Å²) in [5.41, 5.74) is 1.33. The van der Waals surface area contributed by atoms with Crippen LogP contribution in [0.15, 0.2) is 30.3 Å². The molecule has 0 fully saturated rings. The first-order chi connectivity index (χ1) is 12.1. The molecule has 140 valence electrons. The molecule has 2 aromatic rings. The van der Waals surface area contributed by atoms with E-state index in [1.807, 2.05) is 0 Å². The summed E-state index contributed by atoms with van der Waals surface area (Å²) in [4.78, 5) is 17.4. The number of aliphatic hydroxyl groups is 1. The molecule has 26 heavy (non-hydrogen) atoms. The van der Waals surface area contributed by atoms with Gasteiger partial charge in [-0.15, -0.1) is 0 Å². The summed E-state index contributed by atoms with van der Waals surface area (Å²) in [6, 6.07) is 6.70. The Bertz CT molecular complexity index is 834. The smallest absolute Gasteiger partial charge is 0.277 e. The van der Waals surface area contributed by atoms with E-state index < -0.39 is 23.1 Å². The van der Waals surface area contributed by atoms with Crippen LogP contribution in [0.5, 0.6) is 0 Å².